The van der Waals surface area contributed by atoms with Crippen LogP contribution in [-0.2, 0) is 4.74 Å². The SMILES string of the molecule is COC(=O)c1ccc(N(C)C(C)C(C)(C)C)c(N)c1. The Balaban J connectivity index is 3.06. The maximum absolute atomic E-state index is 11.4. The number of benzene rings is 1. The zero-order chi connectivity index (χ0) is 14.8. The predicted octanol–water partition coefficient (Wildman–Crippen LogP) is 2.93. The van der Waals surface area contributed by atoms with E-state index in [1.807, 2.05) is 13.1 Å². The number of ether oxygens (including phenoxy) is 1. The molecule has 0 radical (unpaired) electrons. The standard InChI is InChI=1S/C15H24N2O2/c1-10(15(2,3)4)17(5)13-8-7-11(9-12(13)16)14(18)19-6/h7-10H,16H2,1-6H3. The van der Waals surface area contributed by atoms with Crippen molar-refractivity contribution in [2.75, 3.05) is 24.8 Å². The molecule has 19 heavy (non-hydrogen) atoms. The fourth-order valence-corrected chi connectivity index (χ4v) is 1.91. The van der Waals surface area contributed by atoms with E-state index in [4.69, 9.17) is 5.73 Å². The first-order chi connectivity index (χ1) is 8.68. The number of methoxy groups -OCH3 is 1. The van der Waals surface area contributed by atoms with Gasteiger partial charge in [0.1, 0.15) is 0 Å². The summed E-state index contributed by atoms with van der Waals surface area (Å²) in [5.41, 5.74) is 8.17. The van der Waals surface area contributed by atoms with Crippen molar-refractivity contribution in [2.24, 2.45) is 5.41 Å². The van der Waals surface area contributed by atoms with Crippen LogP contribution in [0.3, 0.4) is 0 Å². The predicted molar refractivity (Wildman–Crippen MR) is 79.5 cm³/mol. The van der Waals surface area contributed by atoms with E-state index >= 15 is 0 Å². The molecule has 1 rings (SSSR count). The highest BCUT2D eigenvalue weighted by molar-refractivity contribution is 5.91. The lowest BCUT2D eigenvalue weighted by Gasteiger charge is -2.37. The van der Waals surface area contributed by atoms with Crippen LogP contribution < -0.4 is 10.6 Å². The molecule has 1 atom stereocenters. The van der Waals surface area contributed by atoms with Crippen LogP contribution in [0.25, 0.3) is 0 Å². The van der Waals surface area contributed by atoms with Crippen LogP contribution in [0.1, 0.15) is 38.1 Å². The Bertz CT molecular complexity index is 464. The first-order valence-electron chi connectivity index (χ1n) is 6.39. The molecule has 0 aromatic heterocycles. The van der Waals surface area contributed by atoms with Crippen LogP contribution >= 0.6 is 0 Å². The Morgan fingerprint density at radius 3 is 2.37 bits per heavy atom. The van der Waals surface area contributed by atoms with E-state index in [2.05, 4.69) is 37.3 Å². The quantitative estimate of drug-likeness (QED) is 0.673. The Morgan fingerprint density at radius 2 is 1.95 bits per heavy atom. The van der Waals surface area contributed by atoms with E-state index in [1.165, 1.54) is 7.11 Å². The molecule has 4 heteroatoms. The van der Waals surface area contributed by atoms with Gasteiger partial charge >= 0.3 is 5.97 Å². The van der Waals surface area contributed by atoms with Gasteiger partial charge < -0.3 is 15.4 Å². The molecule has 0 aliphatic heterocycles. The number of carbonyl (C=O) groups is 1. The molecule has 2 N–H and O–H groups in total. The van der Waals surface area contributed by atoms with Crippen LogP contribution in [0.4, 0.5) is 11.4 Å². The van der Waals surface area contributed by atoms with Gasteiger partial charge in [-0.3, -0.25) is 0 Å². The molecule has 1 aromatic carbocycles. The zero-order valence-electron chi connectivity index (χ0n) is 12.7. The molecule has 106 valence electrons. The summed E-state index contributed by atoms with van der Waals surface area (Å²) in [5, 5.41) is 0. The second kappa shape index (κ2) is 5.51. The first kappa shape index (κ1) is 15.3. The van der Waals surface area contributed by atoms with Crippen molar-refractivity contribution in [2.45, 2.75) is 33.7 Å². The monoisotopic (exact) mass is 264 g/mol. The molecule has 0 fully saturated rings. The van der Waals surface area contributed by atoms with Crippen LogP contribution in [0.15, 0.2) is 18.2 Å². The number of hydrogen-bond acceptors (Lipinski definition) is 4. The molecule has 0 aliphatic carbocycles. The van der Waals surface area contributed by atoms with E-state index in [1.54, 1.807) is 12.1 Å². The average Bonchev–Trinajstić information content (AvgIpc) is 2.34. The number of nitrogens with two attached hydrogens (primary N) is 1. The van der Waals surface area contributed by atoms with E-state index in [0.29, 0.717) is 17.3 Å². The number of nitrogens with zero attached hydrogens (tertiary/aromatic N) is 1. The highest BCUT2D eigenvalue weighted by atomic mass is 16.5. The van der Waals surface area contributed by atoms with Crippen molar-refractivity contribution >= 4 is 17.3 Å². The Kier molecular flexibility index (Phi) is 4.45. The number of esters is 1. The summed E-state index contributed by atoms with van der Waals surface area (Å²) < 4.78 is 4.69. The van der Waals surface area contributed by atoms with Crippen LogP contribution in [-0.4, -0.2) is 26.2 Å². The molecule has 1 aromatic rings. The largest absolute Gasteiger partial charge is 0.465 e. The molecular weight excluding hydrogens is 240 g/mol. The molecule has 4 nitrogen and oxygen atoms in total. The lowest BCUT2D eigenvalue weighted by atomic mass is 9.87. The molecule has 0 heterocycles. The number of hydrogen-bond donors (Lipinski definition) is 1. The highest BCUT2D eigenvalue weighted by Gasteiger charge is 2.25. The molecule has 0 saturated carbocycles. The van der Waals surface area contributed by atoms with Gasteiger partial charge in [0.25, 0.3) is 0 Å². The minimum absolute atomic E-state index is 0.141. The van der Waals surface area contributed by atoms with Gasteiger partial charge in [-0.1, -0.05) is 20.8 Å². The second-order valence-electron chi connectivity index (χ2n) is 5.92. The van der Waals surface area contributed by atoms with E-state index in [9.17, 15) is 4.79 Å². The molecule has 0 spiro atoms. The van der Waals surface area contributed by atoms with Gasteiger partial charge in [0, 0.05) is 13.1 Å². The molecular formula is C15H24N2O2. The maximum Gasteiger partial charge on any atom is 0.337 e. The van der Waals surface area contributed by atoms with Gasteiger partial charge in [0.2, 0.25) is 0 Å². The minimum Gasteiger partial charge on any atom is -0.465 e. The zero-order valence-corrected chi connectivity index (χ0v) is 12.7. The van der Waals surface area contributed by atoms with Gasteiger partial charge in [-0.15, -0.1) is 0 Å². The van der Waals surface area contributed by atoms with Crippen molar-refractivity contribution in [3.8, 4) is 0 Å². The topological polar surface area (TPSA) is 55.6 Å². The van der Waals surface area contributed by atoms with E-state index < -0.39 is 0 Å². The Morgan fingerprint density at radius 1 is 1.37 bits per heavy atom. The number of nitrogen functional groups attached to an aromatic ring is 1. The van der Waals surface area contributed by atoms with Crippen LogP contribution in [0, 0.1) is 5.41 Å². The number of anilines is 2. The highest BCUT2D eigenvalue weighted by Crippen LogP contribution is 2.31. The van der Waals surface area contributed by atoms with Crippen molar-refractivity contribution in [1.82, 2.24) is 0 Å². The molecule has 0 saturated heterocycles. The van der Waals surface area contributed by atoms with Crippen LogP contribution in [0.5, 0.6) is 0 Å². The molecule has 0 amide bonds. The second-order valence-corrected chi connectivity index (χ2v) is 5.92. The van der Waals surface area contributed by atoms with Crippen LogP contribution in [0.2, 0.25) is 0 Å². The van der Waals surface area contributed by atoms with E-state index in [0.717, 1.165) is 5.69 Å². The number of rotatable bonds is 3. The van der Waals surface area contributed by atoms with Gasteiger partial charge in [-0.05, 0) is 30.5 Å². The van der Waals surface area contributed by atoms with Crippen molar-refractivity contribution in [3.05, 3.63) is 23.8 Å². The number of carbonyl (C=O) groups excluding carboxylic acids is 1. The lowest BCUT2D eigenvalue weighted by Crippen LogP contribution is -2.39. The maximum atomic E-state index is 11.4. The molecule has 1 unspecified atom stereocenters. The van der Waals surface area contributed by atoms with Gasteiger partial charge in [0.05, 0.1) is 24.0 Å². The Labute approximate surface area is 115 Å². The van der Waals surface area contributed by atoms with Crippen molar-refractivity contribution in [1.29, 1.82) is 0 Å². The minimum atomic E-state index is -0.371. The first-order valence-corrected chi connectivity index (χ1v) is 6.39. The average molecular weight is 264 g/mol. The smallest absolute Gasteiger partial charge is 0.337 e. The molecule has 0 aliphatic rings. The third kappa shape index (κ3) is 3.40. The lowest BCUT2D eigenvalue weighted by molar-refractivity contribution is 0.0601. The summed E-state index contributed by atoms with van der Waals surface area (Å²) in [6.07, 6.45) is 0. The van der Waals surface area contributed by atoms with Gasteiger partial charge in [-0.2, -0.15) is 0 Å². The normalized spacial score (nSPS) is 12.9. The summed E-state index contributed by atoms with van der Waals surface area (Å²) >= 11 is 0. The summed E-state index contributed by atoms with van der Waals surface area (Å²) in [4.78, 5) is 13.6. The third-order valence-electron chi connectivity index (χ3n) is 3.66. The summed E-state index contributed by atoms with van der Waals surface area (Å²) in [7, 11) is 3.37. The van der Waals surface area contributed by atoms with Crippen molar-refractivity contribution < 1.29 is 9.53 Å². The summed E-state index contributed by atoms with van der Waals surface area (Å²) in [6.45, 7) is 8.72. The van der Waals surface area contributed by atoms with Gasteiger partial charge in [-0.25, -0.2) is 4.79 Å². The summed E-state index contributed by atoms with van der Waals surface area (Å²) in [5.74, 6) is -0.371. The van der Waals surface area contributed by atoms with Gasteiger partial charge in [0.15, 0.2) is 0 Å². The fourth-order valence-electron chi connectivity index (χ4n) is 1.91. The molecule has 0 bridgehead atoms. The van der Waals surface area contributed by atoms with Crippen molar-refractivity contribution in [3.63, 3.8) is 0 Å². The summed E-state index contributed by atoms with van der Waals surface area (Å²) in [6, 6.07) is 5.58. The third-order valence-corrected chi connectivity index (χ3v) is 3.66. The van der Waals surface area contributed by atoms with E-state index in [-0.39, 0.29) is 11.4 Å². The fraction of sp³-hybridized carbons (Fsp3) is 0.533. The Hall–Kier alpha value is -1.71.